The highest BCUT2D eigenvalue weighted by atomic mass is 32.1. The molecule has 1 atom stereocenters. The highest BCUT2D eigenvalue weighted by Crippen LogP contribution is 2.28. The number of benzene rings is 1. The van der Waals surface area contributed by atoms with Crippen LogP contribution < -0.4 is 14.8 Å². The summed E-state index contributed by atoms with van der Waals surface area (Å²) in [5, 5.41) is 5.17. The predicted octanol–water partition coefficient (Wildman–Crippen LogP) is 3.33. The van der Waals surface area contributed by atoms with Gasteiger partial charge in [-0.05, 0) is 49.5 Å². The van der Waals surface area contributed by atoms with Crippen LogP contribution in [0.1, 0.15) is 34.1 Å². The highest BCUT2D eigenvalue weighted by molar-refractivity contribution is 7.10. The molecule has 0 saturated carbocycles. The van der Waals surface area contributed by atoms with E-state index in [0.29, 0.717) is 23.6 Å². The number of likely N-dealkylation sites (tertiary alicyclic amines) is 1. The van der Waals surface area contributed by atoms with Crippen LogP contribution >= 0.6 is 11.3 Å². The van der Waals surface area contributed by atoms with E-state index in [4.69, 9.17) is 9.47 Å². The van der Waals surface area contributed by atoms with Crippen LogP contribution in [0.5, 0.6) is 11.5 Å². The first-order valence-electron chi connectivity index (χ1n) is 8.50. The summed E-state index contributed by atoms with van der Waals surface area (Å²) in [6.45, 7) is 2.77. The van der Waals surface area contributed by atoms with Crippen LogP contribution in [0.2, 0.25) is 0 Å². The van der Waals surface area contributed by atoms with Gasteiger partial charge in [-0.1, -0.05) is 6.07 Å². The van der Waals surface area contributed by atoms with Gasteiger partial charge < -0.3 is 14.8 Å². The van der Waals surface area contributed by atoms with E-state index in [1.165, 1.54) is 17.7 Å². The molecule has 25 heavy (non-hydrogen) atoms. The second-order valence-corrected chi connectivity index (χ2v) is 7.06. The summed E-state index contributed by atoms with van der Waals surface area (Å²) in [6.07, 6.45) is 2.45. The van der Waals surface area contributed by atoms with Gasteiger partial charge >= 0.3 is 0 Å². The van der Waals surface area contributed by atoms with Crippen molar-refractivity contribution in [2.75, 3.05) is 33.9 Å². The summed E-state index contributed by atoms with van der Waals surface area (Å²) in [5.74, 6) is 1.11. The lowest BCUT2D eigenvalue weighted by atomic mass is 10.1. The Bertz CT molecular complexity index is 674. The number of hydrogen-bond donors (Lipinski definition) is 1. The van der Waals surface area contributed by atoms with Crippen LogP contribution in [0.25, 0.3) is 0 Å². The number of thiophene rings is 1. The number of carbonyl (C=O) groups excluding carboxylic acids is 1. The number of ether oxygens (including phenoxy) is 2. The van der Waals surface area contributed by atoms with E-state index in [1.54, 1.807) is 43.8 Å². The maximum absolute atomic E-state index is 12.6. The zero-order chi connectivity index (χ0) is 17.6. The number of nitrogens with zero attached hydrogens (tertiary/aromatic N) is 1. The predicted molar refractivity (Wildman–Crippen MR) is 99.7 cm³/mol. The SMILES string of the molecule is COc1cc(OC)cc(C(=O)NCC(c2cccs2)N2CCCC2)c1. The Morgan fingerprint density at radius 3 is 2.44 bits per heavy atom. The Morgan fingerprint density at radius 2 is 1.88 bits per heavy atom. The van der Waals surface area contributed by atoms with Gasteiger partial charge in [-0.15, -0.1) is 11.3 Å². The van der Waals surface area contributed by atoms with Gasteiger partial charge in [0.05, 0.1) is 20.3 Å². The monoisotopic (exact) mass is 360 g/mol. The van der Waals surface area contributed by atoms with Crippen molar-refractivity contribution in [3.8, 4) is 11.5 Å². The molecule has 1 aromatic heterocycles. The van der Waals surface area contributed by atoms with E-state index < -0.39 is 0 Å². The van der Waals surface area contributed by atoms with E-state index in [1.807, 2.05) is 0 Å². The molecule has 1 aromatic carbocycles. The Labute approximate surface area is 152 Å². The van der Waals surface area contributed by atoms with E-state index in [-0.39, 0.29) is 11.9 Å². The molecule has 1 fully saturated rings. The summed E-state index contributed by atoms with van der Waals surface area (Å²) in [4.78, 5) is 16.4. The first-order chi connectivity index (χ1) is 12.2. The maximum Gasteiger partial charge on any atom is 0.251 e. The van der Waals surface area contributed by atoms with Crippen LogP contribution in [0, 0.1) is 0 Å². The first kappa shape index (κ1) is 17.8. The molecule has 1 aliphatic rings. The third-order valence-corrected chi connectivity index (χ3v) is 5.50. The van der Waals surface area contributed by atoms with Crippen molar-refractivity contribution in [1.82, 2.24) is 10.2 Å². The maximum atomic E-state index is 12.6. The number of nitrogens with one attached hydrogen (secondary N) is 1. The summed E-state index contributed by atoms with van der Waals surface area (Å²) < 4.78 is 10.5. The molecule has 1 amide bonds. The fraction of sp³-hybridized carbons (Fsp3) is 0.421. The largest absolute Gasteiger partial charge is 0.497 e. The van der Waals surface area contributed by atoms with E-state index in [9.17, 15) is 4.79 Å². The average Bonchev–Trinajstić information content (AvgIpc) is 3.35. The van der Waals surface area contributed by atoms with Crippen LogP contribution in [-0.4, -0.2) is 44.7 Å². The minimum Gasteiger partial charge on any atom is -0.497 e. The van der Waals surface area contributed by atoms with Crippen LogP contribution in [0.4, 0.5) is 0 Å². The van der Waals surface area contributed by atoms with Gasteiger partial charge in [0.15, 0.2) is 0 Å². The Kier molecular flexibility index (Phi) is 5.94. The number of methoxy groups -OCH3 is 2. The molecule has 1 aliphatic heterocycles. The van der Waals surface area contributed by atoms with Crippen molar-refractivity contribution in [2.45, 2.75) is 18.9 Å². The summed E-state index contributed by atoms with van der Waals surface area (Å²) in [6, 6.07) is 9.67. The highest BCUT2D eigenvalue weighted by Gasteiger charge is 2.25. The van der Waals surface area contributed by atoms with Gasteiger partial charge in [-0.2, -0.15) is 0 Å². The second-order valence-electron chi connectivity index (χ2n) is 6.09. The normalized spacial score (nSPS) is 15.8. The molecule has 1 saturated heterocycles. The number of hydrogen-bond acceptors (Lipinski definition) is 5. The summed E-state index contributed by atoms with van der Waals surface area (Å²) in [5.41, 5.74) is 0.544. The van der Waals surface area contributed by atoms with Crippen molar-refractivity contribution in [2.24, 2.45) is 0 Å². The smallest absolute Gasteiger partial charge is 0.251 e. The molecule has 1 unspecified atom stereocenters. The standard InChI is InChI=1S/C19H24N2O3S/c1-23-15-10-14(11-16(12-15)24-2)19(22)20-13-17(18-6-5-9-25-18)21-7-3-4-8-21/h5-6,9-12,17H,3-4,7-8,13H2,1-2H3,(H,20,22). The van der Waals surface area contributed by atoms with Gasteiger partial charge in [0.1, 0.15) is 11.5 Å². The molecule has 1 N–H and O–H groups in total. The number of carbonyl (C=O) groups is 1. The van der Waals surface area contributed by atoms with Crippen molar-refractivity contribution in [1.29, 1.82) is 0 Å². The van der Waals surface area contributed by atoms with Crippen LogP contribution in [-0.2, 0) is 0 Å². The Balaban J connectivity index is 1.71. The quantitative estimate of drug-likeness (QED) is 0.823. The van der Waals surface area contributed by atoms with Gasteiger partial charge in [-0.3, -0.25) is 9.69 Å². The van der Waals surface area contributed by atoms with Gasteiger partial charge in [0.25, 0.3) is 5.91 Å². The average molecular weight is 360 g/mol. The Hall–Kier alpha value is -2.05. The lowest BCUT2D eigenvalue weighted by Gasteiger charge is -2.27. The van der Waals surface area contributed by atoms with Crippen LogP contribution in [0.3, 0.4) is 0 Å². The zero-order valence-electron chi connectivity index (χ0n) is 14.7. The molecular formula is C19H24N2O3S. The van der Waals surface area contributed by atoms with Crippen molar-refractivity contribution >= 4 is 17.2 Å². The molecule has 3 rings (SSSR count). The molecule has 2 aromatic rings. The lowest BCUT2D eigenvalue weighted by Crippen LogP contribution is -2.36. The molecule has 0 aliphatic carbocycles. The molecule has 0 bridgehead atoms. The van der Waals surface area contributed by atoms with E-state index in [2.05, 4.69) is 27.7 Å². The van der Waals surface area contributed by atoms with Gasteiger partial charge in [0.2, 0.25) is 0 Å². The molecule has 2 heterocycles. The minimum atomic E-state index is -0.113. The zero-order valence-corrected chi connectivity index (χ0v) is 15.5. The second kappa shape index (κ2) is 8.36. The fourth-order valence-corrected chi connectivity index (χ4v) is 4.03. The first-order valence-corrected chi connectivity index (χ1v) is 9.38. The number of amides is 1. The van der Waals surface area contributed by atoms with Crippen LogP contribution in [0.15, 0.2) is 35.7 Å². The van der Waals surface area contributed by atoms with E-state index >= 15 is 0 Å². The third kappa shape index (κ3) is 4.32. The Morgan fingerprint density at radius 1 is 1.20 bits per heavy atom. The minimum absolute atomic E-state index is 0.113. The molecule has 6 heteroatoms. The lowest BCUT2D eigenvalue weighted by molar-refractivity contribution is 0.0937. The topological polar surface area (TPSA) is 50.8 Å². The van der Waals surface area contributed by atoms with Gasteiger partial charge in [0, 0.05) is 23.1 Å². The molecule has 0 spiro atoms. The number of rotatable bonds is 7. The molecular weight excluding hydrogens is 336 g/mol. The van der Waals surface area contributed by atoms with Crippen molar-refractivity contribution in [3.63, 3.8) is 0 Å². The third-order valence-electron chi connectivity index (χ3n) is 4.52. The van der Waals surface area contributed by atoms with Crippen molar-refractivity contribution in [3.05, 3.63) is 46.2 Å². The van der Waals surface area contributed by atoms with E-state index in [0.717, 1.165) is 13.1 Å². The van der Waals surface area contributed by atoms with Crippen molar-refractivity contribution < 1.29 is 14.3 Å². The molecule has 0 radical (unpaired) electrons. The molecule has 5 nitrogen and oxygen atoms in total. The fourth-order valence-electron chi connectivity index (χ4n) is 3.17. The molecule has 134 valence electrons. The summed E-state index contributed by atoms with van der Waals surface area (Å²) in [7, 11) is 3.16. The summed E-state index contributed by atoms with van der Waals surface area (Å²) >= 11 is 1.74. The van der Waals surface area contributed by atoms with Gasteiger partial charge in [-0.25, -0.2) is 0 Å².